The van der Waals surface area contributed by atoms with E-state index >= 15 is 0 Å². The maximum atomic E-state index is 13.1. The minimum Gasteiger partial charge on any atom is -0.390 e. The summed E-state index contributed by atoms with van der Waals surface area (Å²) in [4.78, 5) is 38.4. The van der Waals surface area contributed by atoms with E-state index in [1.165, 1.54) is 16.7 Å². The molecule has 0 saturated carbocycles. The number of pyridine rings is 1. The predicted octanol–water partition coefficient (Wildman–Crippen LogP) is 2.48. The zero-order valence-electron chi connectivity index (χ0n) is 23.5. The number of aromatic nitrogens is 1. The van der Waals surface area contributed by atoms with Crippen LogP contribution in [0.15, 0.2) is 42.6 Å². The van der Waals surface area contributed by atoms with E-state index in [1.54, 1.807) is 4.90 Å². The summed E-state index contributed by atoms with van der Waals surface area (Å²) in [5, 5.41) is 10.8. The van der Waals surface area contributed by atoms with Gasteiger partial charge >= 0.3 is 6.03 Å². The molecule has 1 atom stereocenters. The molecule has 1 aromatic heterocycles. The van der Waals surface area contributed by atoms with Crippen LogP contribution in [0.1, 0.15) is 48.1 Å². The van der Waals surface area contributed by atoms with Crippen LogP contribution in [0.2, 0.25) is 0 Å². The first-order chi connectivity index (χ1) is 19.4. The van der Waals surface area contributed by atoms with Crippen molar-refractivity contribution in [3.63, 3.8) is 0 Å². The molecule has 4 aliphatic heterocycles. The number of nitrogens with zero attached hydrogens (tertiary/aromatic N) is 5. The van der Waals surface area contributed by atoms with Crippen LogP contribution in [0.4, 0.5) is 4.79 Å². The third-order valence-corrected chi connectivity index (χ3v) is 9.10. The van der Waals surface area contributed by atoms with Gasteiger partial charge in [-0.1, -0.05) is 30.3 Å². The molecule has 0 aliphatic carbocycles. The van der Waals surface area contributed by atoms with Crippen LogP contribution in [-0.2, 0) is 29.0 Å². The fourth-order valence-electron chi connectivity index (χ4n) is 6.56. The number of aliphatic hydroxyl groups excluding tert-OH is 1. The number of carbonyl (C=O) groups excluding carboxylic acids is 2. The monoisotopic (exact) mass is 547 g/mol. The molecular weight excluding hydrogens is 506 g/mol. The largest absolute Gasteiger partial charge is 0.390 e. The third-order valence-electron chi connectivity index (χ3n) is 9.10. The van der Waals surface area contributed by atoms with Crippen molar-refractivity contribution in [2.45, 2.75) is 51.3 Å². The number of carbonyl (C=O) groups is 2. The molecule has 2 aromatic rings. The number of piperidine rings is 1. The standard InChI is InChI=1S/C31H41N5O4/c1-31(21-40-22-31)29(38)34-12-9-24(10-13-34)25-6-7-27(32-16-25)18-35-14-15-36(30(35)39)20-28(37)19-33-11-8-23-4-2-3-5-26(23)17-33/h2-7,16,24,28,37H,8-15,17-22H2,1H3/t28-/m1/s1. The molecule has 214 valence electrons. The van der Waals surface area contributed by atoms with Crippen molar-refractivity contribution < 1.29 is 19.4 Å². The summed E-state index contributed by atoms with van der Waals surface area (Å²) in [7, 11) is 0. The Labute approximate surface area is 236 Å². The van der Waals surface area contributed by atoms with E-state index < -0.39 is 6.10 Å². The zero-order valence-corrected chi connectivity index (χ0v) is 23.5. The zero-order chi connectivity index (χ0) is 27.7. The lowest BCUT2D eigenvalue weighted by Gasteiger charge is -2.42. The molecule has 3 fully saturated rings. The topological polar surface area (TPSA) is 89.5 Å². The molecule has 5 heterocycles. The molecule has 0 radical (unpaired) electrons. The second-order valence-corrected chi connectivity index (χ2v) is 12.3. The number of fused-ring (bicyclic) bond motifs is 1. The molecule has 4 aliphatic rings. The van der Waals surface area contributed by atoms with Crippen molar-refractivity contribution in [3.05, 3.63) is 65.0 Å². The van der Waals surface area contributed by atoms with E-state index in [2.05, 4.69) is 40.2 Å². The fraction of sp³-hybridized carbons (Fsp3) is 0.581. The highest BCUT2D eigenvalue weighted by Gasteiger charge is 2.44. The van der Waals surface area contributed by atoms with Gasteiger partial charge in [-0.05, 0) is 54.9 Å². The van der Waals surface area contributed by atoms with E-state index in [9.17, 15) is 14.7 Å². The highest BCUT2D eigenvalue weighted by atomic mass is 16.5. The lowest BCUT2D eigenvalue weighted by atomic mass is 9.84. The predicted molar refractivity (Wildman–Crippen MR) is 151 cm³/mol. The van der Waals surface area contributed by atoms with Crippen LogP contribution in [0.3, 0.4) is 0 Å². The number of urea groups is 1. The van der Waals surface area contributed by atoms with Gasteiger partial charge in [0.1, 0.15) is 0 Å². The molecule has 9 heteroatoms. The van der Waals surface area contributed by atoms with Crippen molar-refractivity contribution >= 4 is 11.9 Å². The Morgan fingerprint density at radius 2 is 1.77 bits per heavy atom. The van der Waals surface area contributed by atoms with Crippen molar-refractivity contribution in [3.8, 4) is 0 Å². The average Bonchev–Trinajstić information content (AvgIpc) is 3.29. The van der Waals surface area contributed by atoms with Crippen molar-refractivity contribution in [2.24, 2.45) is 5.41 Å². The van der Waals surface area contributed by atoms with Crippen molar-refractivity contribution in [2.75, 3.05) is 59.0 Å². The van der Waals surface area contributed by atoms with E-state index in [4.69, 9.17) is 4.74 Å². The number of likely N-dealkylation sites (tertiary alicyclic amines) is 1. The van der Waals surface area contributed by atoms with Crippen molar-refractivity contribution in [1.29, 1.82) is 0 Å². The number of hydrogen-bond acceptors (Lipinski definition) is 6. The summed E-state index contributed by atoms with van der Waals surface area (Å²) in [6.07, 6.45) is 4.25. The van der Waals surface area contributed by atoms with Crippen LogP contribution in [-0.4, -0.2) is 107 Å². The second-order valence-electron chi connectivity index (χ2n) is 12.3. The van der Waals surface area contributed by atoms with Crippen LogP contribution >= 0.6 is 0 Å². The van der Waals surface area contributed by atoms with Gasteiger partial charge in [-0.15, -0.1) is 0 Å². The van der Waals surface area contributed by atoms with Gasteiger partial charge < -0.3 is 24.5 Å². The molecule has 0 bridgehead atoms. The van der Waals surface area contributed by atoms with Crippen LogP contribution in [0.5, 0.6) is 0 Å². The summed E-state index contributed by atoms with van der Waals surface area (Å²) in [5.74, 6) is 0.620. The number of rotatable bonds is 8. The first kappa shape index (κ1) is 27.2. The third kappa shape index (κ3) is 5.73. The number of β-amino-alcohol motifs (C(OH)–C–C–N with tert-alkyl or cyclic N) is 1. The molecule has 6 rings (SSSR count). The fourth-order valence-corrected chi connectivity index (χ4v) is 6.56. The molecule has 3 amide bonds. The van der Waals surface area contributed by atoms with Crippen LogP contribution in [0.25, 0.3) is 0 Å². The van der Waals surface area contributed by atoms with Gasteiger partial charge in [0.15, 0.2) is 0 Å². The van der Waals surface area contributed by atoms with Crippen molar-refractivity contribution in [1.82, 2.24) is 24.6 Å². The summed E-state index contributed by atoms with van der Waals surface area (Å²) >= 11 is 0. The Kier molecular flexibility index (Phi) is 7.79. The van der Waals surface area contributed by atoms with Gasteiger partial charge in [-0.3, -0.25) is 14.7 Å². The van der Waals surface area contributed by atoms with Gasteiger partial charge in [0.25, 0.3) is 0 Å². The second kappa shape index (κ2) is 11.5. The minimum absolute atomic E-state index is 0.0310. The molecule has 40 heavy (non-hydrogen) atoms. The van der Waals surface area contributed by atoms with Gasteiger partial charge in [-0.2, -0.15) is 0 Å². The van der Waals surface area contributed by atoms with E-state index in [1.807, 2.05) is 29.0 Å². The highest BCUT2D eigenvalue weighted by Crippen LogP contribution is 2.33. The summed E-state index contributed by atoms with van der Waals surface area (Å²) < 4.78 is 5.27. The molecular formula is C31H41N5O4. The maximum Gasteiger partial charge on any atom is 0.320 e. The van der Waals surface area contributed by atoms with Crippen LogP contribution in [0, 0.1) is 5.41 Å². The number of hydrogen-bond donors (Lipinski definition) is 1. The first-order valence-corrected chi connectivity index (χ1v) is 14.7. The molecule has 1 N–H and O–H groups in total. The molecule has 0 spiro atoms. The van der Waals surface area contributed by atoms with Gasteiger partial charge in [-0.25, -0.2) is 4.79 Å². The Morgan fingerprint density at radius 3 is 2.48 bits per heavy atom. The first-order valence-electron chi connectivity index (χ1n) is 14.7. The lowest BCUT2D eigenvalue weighted by Crippen LogP contribution is -2.54. The van der Waals surface area contributed by atoms with Crippen LogP contribution < -0.4 is 0 Å². The molecule has 1 aromatic carbocycles. The number of aliphatic hydroxyl groups is 1. The Morgan fingerprint density at radius 1 is 1.02 bits per heavy atom. The Balaban J connectivity index is 0.952. The number of amides is 3. The minimum atomic E-state index is -0.571. The number of ether oxygens (including phenoxy) is 1. The quantitative estimate of drug-likeness (QED) is 0.546. The lowest BCUT2D eigenvalue weighted by molar-refractivity contribution is -0.169. The van der Waals surface area contributed by atoms with Gasteiger partial charge in [0.05, 0.1) is 37.0 Å². The SMILES string of the molecule is CC1(C(=O)N2CCC(c3ccc(CN4CCN(C[C@H](O)CN5CCc6ccccc6C5)C4=O)nc3)CC2)COC1. The van der Waals surface area contributed by atoms with Gasteiger partial charge in [0, 0.05) is 58.6 Å². The summed E-state index contributed by atoms with van der Waals surface area (Å²) in [6, 6.07) is 12.6. The Bertz CT molecular complexity index is 1210. The van der Waals surface area contributed by atoms with E-state index in [0.717, 1.165) is 51.1 Å². The van der Waals surface area contributed by atoms with Gasteiger partial charge in [0.2, 0.25) is 5.91 Å². The van der Waals surface area contributed by atoms with E-state index in [-0.39, 0.29) is 17.4 Å². The number of benzene rings is 1. The normalized spacial score (nSPS) is 22.2. The van der Waals surface area contributed by atoms with E-state index in [0.29, 0.717) is 51.9 Å². The summed E-state index contributed by atoms with van der Waals surface area (Å²) in [6.45, 7) is 9.05. The molecule has 3 saturated heterocycles. The molecule has 0 unspecified atom stereocenters. The average molecular weight is 548 g/mol. The Hall–Kier alpha value is -3.01. The maximum absolute atomic E-state index is 13.1. The molecule has 9 nitrogen and oxygen atoms in total. The summed E-state index contributed by atoms with van der Waals surface area (Å²) in [5.41, 5.74) is 4.46. The smallest absolute Gasteiger partial charge is 0.320 e. The highest BCUT2D eigenvalue weighted by molar-refractivity contribution is 5.83.